The Morgan fingerprint density at radius 1 is 0.971 bits per heavy atom. The Kier molecular flexibility index (Phi) is 8.89. The Labute approximate surface area is 208 Å². The number of halogens is 2. The van der Waals surface area contributed by atoms with E-state index in [0.29, 0.717) is 28.4 Å². The molecular formula is C26H28Cl2N2O4. The molecule has 0 atom stereocenters. The minimum atomic E-state index is -1.27. The van der Waals surface area contributed by atoms with E-state index in [1.807, 2.05) is 26.0 Å². The molecule has 1 aromatic heterocycles. The van der Waals surface area contributed by atoms with Crippen LogP contribution < -0.4 is 5.43 Å². The lowest BCUT2D eigenvalue weighted by Crippen LogP contribution is -2.30. The monoisotopic (exact) mass is 502 g/mol. The second kappa shape index (κ2) is 11.6. The number of nitrogens with zero attached hydrogens (tertiary/aromatic N) is 2. The van der Waals surface area contributed by atoms with E-state index in [2.05, 4.69) is 4.90 Å². The lowest BCUT2D eigenvalue weighted by Gasteiger charge is -2.19. The van der Waals surface area contributed by atoms with Crippen molar-refractivity contribution in [2.45, 2.75) is 26.3 Å². The highest BCUT2D eigenvalue weighted by Gasteiger charge is 2.18. The smallest absolute Gasteiger partial charge is 0.341 e. The first kappa shape index (κ1) is 25.9. The number of carbonyl (C=O) groups is 2. The van der Waals surface area contributed by atoms with Gasteiger partial charge in [-0.05, 0) is 38.0 Å². The second-order valence-electron chi connectivity index (χ2n) is 8.41. The van der Waals surface area contributed by atoms with Crippen LogP contribution in [0.5, 0.6) is 0 Å². The van der Waals surface area contributed by atoms with Crippen molar-refractivity contribution in [3.8, 4) is 0 Å². The minimum absolute atomic E-state index is 0.0944. The first-order valence-electron chi connectivity index (χ1n) is 11.2. The maximum absolute atomic E-state index is 13.2. The van der Waals surface area contributed by atoms with Crippen LogP contribution in [0.1, 0.15) is 51.7 Å². The maximum Gasteiger partial charge on any atom is 0.341 e. The number of pyridine rings is 1. The van der Waals surface area contributed by atoms with Crippen LogP contribution in [-0.2, 0) is 6.42 Å². The van der Waals surface area contributed by atoms with Crippen molar-refractivity contribution in [2.75, 3.05) is 31.4 Å². The summed E-state index contributed by atoms with van der Waals surface area (Å²) in [5, 5.41) is 9.66. The van der Waals surface area contributed by atoms with E-state index in [1.165, 1.54) is 12.3 Å². The third-order valence-electron chi connectivity index (χ3n) is 5.82. The Morgan fingerprint density at radius 2 is 1.59 bits per heavy atom. The number of aromatic nitrogens is 1. The van der Waals surface area contributed by atoms with Gasteiger partial charge in [0.05, 0.1) is 5.52 Å². The largest absolute Gasteiger partial charge is 0.477 e. The number of fused-ring (bicyclic) bond motifs is 1. The third kappa shape index (κ3) is 5.87. The molecule has 2 aromatic carbocycles. The molecule has 1 N–H and O–H groups in total. The third-order valence-corrected chi connectivity index (χ3v) is 6.15. The number of carboxylic acid groups (broad SMARTS) is 1. The molecule has 180 valence electrons. The summed E-state index contributed by atoms with van der Waals surface area (Å²) in [7, 11) is 0. The van der Waals surface area contributed by atoms with Gasteiger partial charge in [0, 0.05) is 60.1 Å². The summed E-state index contributed by atoms with van der Waals surface area (Å²) in [6.07, 6.45) is 2.17. The maximum atomic E-state index is 13.2. The second-order valence-corrected chi connectivity index (χ2v) is 9.16. The SMILES string of the molecule is CC(C)n1cc(C(=O)O)c(=O)c2ccc(C(=O)c3ccc(CCN(CCCl)CCCl)cc3)cc21. The summed E-state index contributed by atoms with van der Waals surface area (Å²) in [5.74, 6) is -0.323. The molecule has 0 aliphatic carbocycles. The molecule has 0 fully saturated rings. The molecule has 3 rings (SSSR count). The van der Waals surface area contributed by atoms with Crippen LogP contribution >= 0.6 is 23.2 Å². The van der Waals surface area contributed by atoms with Crippen molar-refractivity contribution in [1.29, 1.82) is 0 Å². The van der Waals surface area contributed by atoms with Crippen LogP contribution in [0, 0.1) is 0 Å². The van der Waals surface area contributed by atoms with Gasteiger partial charge in [-0.15, -0.1) is 23.2 Å². The van der Waals surface area contributed by atoms with E-state index < -0.39 is 11.4 Å². The number of alkyl halides is 2. The summed E-state index contributed by atoms with van der Waals surface area (Å²) < 4.78 is 1.72. The van der Waals surface area contributed by atoms with Crippen LogP contribution in [-0.4, -0.2) is 57.7 Å². The van der Waals surface area contributed by atoms with Gasteiger partial charge in [0.1, 0.15) is 5.56 Å². The topological polar surface area (TPSA) is 79.6 Å². The highest BCUT2D eigenvalue weighted by molar-refractivity contribution is 6.18. The standard InChI is InChI=1S/C26H28Cl2N2O4/c1-17(2)30-16-22(26(33)34)25(32)21-8-7-20(15-23(21)30)24(31)19-5-3-18(4-6-19)9-12-29(13-10-27)14-11-28/h3-8,15-17H,9-14H2,1-2H3,(H,33,34). The molecule has 0 amide bonds. The fourth-order valence-corrected chi connectivity index (χ4v) is 4.40. The van der Waals surface area contributed by atoms with Gasteiger partial charge in [-0.1, -0.05) is 30.3 Å². The Balaban J connectivity index is 1.87. The molecule has 34 heavy (non-hydrogen) atoms. The molecule has 6 nitrogen and oxygen atoms in total. The zero-order chi connectivity index (χ0) is 24.8. The van der Waals surface area contributed by atoms with Gasteiger partial charge in [-0.3, -0.25) is 9.59 Å². The van der Waals surface area contributed by atoms with Crippen molar-refractivity contribution in [3.05, 3.63) is 81.1 Å². The Hall–Kier alpha value is -2.67. The minimum Gasteiger partial charge on any atom is -0.477 e. The van der Waals surface area contributed by atoms with Crippen molar-refractivity contribution in [3.63, 3.8) is 0 Å². The van der Waals surface area contributed by atoms with Gasteiger partial charge in [0.2, 0.25) is 5.43 Å². The Bertz CT molecular complexity index is 1230. The molecule has 0 unspecified atom stereocenters. The fraction of sp³-hybridized carbons (Fsp3) is 0.346. The molecule has 8 heteroatoms. The van der Waals surface area contributed by atoms with E-state index in [9.17, 15) is 19.5 Å². The molecule has 3 aromatic rings. The predicted molar refractivity (Wildman–Crippen MR) is 137 cm³/mol. The summed E-state index contributed by atoms with van der Waals surface area (Å²) in [4.78, 5) is 39.5. The lowest BCUT2D eigenvalue weighted by molar-refractivity contribution is 0.0694. The highest BCUT2D eigenvalue weighted by atomic mass is 35.5. The summed E-state index contributed by atoms with van der Waals surface area (Å²) >= 11 is 11.7. The van der Waals surface area contributed by atoms with Gasteiger partial charge >= 0.3 is 5.97 Å². The molecule has 0 bridgehead atoms. The van der Waals surface area contributed by atoms with Crippen molar-refractivity contribution < 1.29 is 14.7 Å². The molecule has 0 radical (unpaired) electrons. The van der Waals surface area contributed by atoms with Crippen LogP contribution in [0.3, 0.4) is 0 Å². The molecule has 0 aliphatic heterocycles. The summed E-state index contributed by atoms with van der Waals surface area (Å²) in [6, 6.07) is 12.2. The molecule has 0 aliphatic rings. The number of carbonyl (C=O) groups excluding carboxylic acids is 1. The molecule has 0 spiro atoms. The van der Waals surface area contributed by atoms with E-state index in [1.54, 1.807) is 28.8 Å². The van der Waals surface area contributed by atoms with Crippen molar-refractivity contribution in [2.24, 2.45) is 0 Å². The number of benzene rings is 2. The van der Waals surface area contributed by atoms with Gasteiger partial charge in [0.15, 0.2) is 5.78 Å². The summed E-state index contributed by atoms with van der Waals surface area (Å²) in [5.41, 5.74) is 1.78. The zero-order valence-corrected chi connectivity index (χ0v) is 20.8. The Morgan fingerprint density at radius 3 is 2.15 bits per heavy atom. The van der Waals surface area contributed by atoms with Gasteiger partial charge < -0.3 is 14.6 Å². The quantitative estimate of drug-likeness (QED) is 0.300. The average Bonchev–Trinajstić information content (AvgIpc) is 2.82. The van der Waals surface area contributed by atoms with Gasteiger partial charge in [-0.2, -0.15) is 0 Å². The number of carboxylic acids is 1. The predicted octanol–water partition coefficient (Wildman–Crippen LogP) is 4.83. The van der Waals surface area contributed by atoms with E-state index >= 15 is 0 Å². The number of aromatic carboxylic acids is 1. The zero-order valence-electron chi connectivity index (χ0n) is 19.3. The van der Waals surface area contributed by atoms with Crippen LogP contribution in [0.25, 0.3) is 10.9 Å². The number of rotatable bonds is 11. The first-order chi connectivity index (χ1) is 16.3. The van der Waals surface area contributed by atoms with Crippen molar-refractivity contribution >= 4 is 45.9 Å². The van der Waals surface area contributed by atoms with E-state index in [4.69, 9.17) is 23.2 Å². The van der Waals surface area contributed by atoms with E-state index in [0.717, 1.165) is 31.6 Å². The van der Waals surface area contributed by atoms with Gasteiger partial charge in [-0.25, -0.2) is 4.79 Å². The van der Waals surface area contributed by atoms with Crippen LogP contribution in [0.2, 0.25) is 0 Å². The average molecular weight is 503 g/mol. The summed E-state index contributed by atoms with van der Waals surface area (Å²) in [6.45, 7) is 6.18. The van der Waals surface area contributed by atoms with Crippen molar-refractivity contribution in [1.82, 2.24) is 9.47 Å². The molecular weight excluding hydrogens is 475 g/mol. The number of hydrogen-bond donors (Lipinski definition) is 1. The normalized spacial score (nSPS) is 11.5. The first-order valence-corrected chi connectivity index (χ1v) is 12.2. The number of hydrogen-bond acceptors (Lipinski definition) is 4. The van der Waals surface area contributed by atoms with Gasteiger partial charge in [0.25, 0.3) is 0 Å². The van der Waals surface area contributed by atoms with E-state index in [-0.39, 0.29) is 22.8 Å². The van der Waals surface area contributed by atoms with Crippen LogP contribution in [0.4, 0.5) is 0 Å². The molecule has 0 saturated heterocycles. The fourth-order valence-electron chi connectivity index (χ4n) is 3.92. The molecule has 0 saturated carbocycles. The molecule has 1 heterocycles. The van der Waals surface area contributed by atoms with Crippen LogP contribution in [0.15, 0.2) is 53.5 Å². The highest BCUT2D eigenvalue weighted by Crippen LogP contribution is 2.21. The number of ketones is 1. The lowest BCUT2D eigenvalue weighted by atomic mass is 9.99.